The number of carbonyl (C=O) groups is 2. The van der Waals surface area contributed by atoms with Gasteiger partial charge < -0.3 is 34.3 Å². The predicted octanol–water partition coefficient (Wildman–Crippen LogP) is 11.3. The van der Waals surface area contributed by atoms with Crippen molar-refractivity contribution in [3.05, 3.63) is 36.5 Å². The van der Waals surface area contributed by atoms with E-state index in [1.54, 1.807) is 0 Å². The molecule has 1 aliphatic rings. The Morgan fingerprint density at radius 2 is 0.984 bits per heavy atom. The van der Waals surface area contributed by atoms with Crippen molar-refractivity contribution < 1.29 is 56.8 Å². The number of allylic oxidation sites excluding steroid dienone is 6. The maximum Gasteiger partial charge on any atom is 0.306 e. The number of aliphatic hydroxyl groups excluding tert-OH is 3. The summed E-state index contributed by atoms with van der Waals surface area (Å²) < 4.78 is 54.1. The zero-order valence-corrected chi connectivity index (χ0v) is 41.0. The lowest BCUT2D eigenvalue weighted by Crippen LogP contribution is -2.60. The maximum atomic E-state index is 12.8. The highest BCUT2D eigenvalue weighted by molar-refractivity contribution is 7.85. The van der Waals surface area contributed by atoms with Crippen LogP contribution in [0.2, 0.25) is 0 Å². The molecule has 0 aliphatic carbocycles. The smallest absolute Gasteiger partial charge is 0.306 e. The Bertz CT molecular complexity index is 1320. The van der Waals surface area contributed by atoms with Crippen LogP contribution in [0.3, 0.4) is 0 Å². The Labute approximate surface area is 389 Å². The molecule has 0 saturated carbocycles. The van der Waals surface area contributed by atoms with E-state index in [-0.39, 0.29) is 19.4 Å². The third-order valence-electron chi connectivity index (χ3n) is 11.7. The second-order valence-corrected chi connectivity index (χ2v) is 19.3. The second-order valence-electron chi connectivity index (χ2n) is 17.8. The normalized spacial score (nSPS) is 19.9. The average Bonchev–Trinajstić information content (AvgIpc) is 3.26. The van der Waals surface area contributed by atoms with Gasteiger partial charge in [-0.15, -0.1) is 0 Å². The van der Waals surface area contributed by atoms with Crippen LogP contribution in [-0.2, 0) is 38.7 Å². The first kappa shape index (κ1) is 59.9. The van der Waals surface area contributed by atoms with Gasteiger partial charge >= 0.3 is 11.9 Å². The van der Waals surface area contributed by atoms with E-state index in [0.29, 0.717) is 12.8 Å². The minimum Gasteiger partial charge on any atom is -0.462 e. The third kappa shape index (κ3) is 35.1. The van der Waals surface area contributed by atoms with Crippen LogP contribution < -0.4 is 0 Å². The van der Waals surface area contributed by atoms with E-state index in [1.807, 2.05) is 0 Å². The van der Waals surface area contributed by atoms with Gasteiger partial charge in [-0.1, -0.05) is 198 Å². The molecule has 0 radical (unpaired) electrons. The standard InChI is InChI=1S/C51H92O12S/c1-3-5-7-9-11-13-15-17-18-19-20-21-22-23-24-25-26-28-29-31-33-35-37-39-46(52)60-41-44(42-61-51-50(56)49(55)48(54)45(63-51)43-64(57,58)59)62-47(53)40-38-36-34-32-30-27-16-14-12-10-8-6-4-2/h6,8,12,14,27,30,44-45,48-51,54-56H,3-5,7,9-11,13,15-26,28-29,31-43H2,1-2H3,(H,57,58,59)/b8-6-,14-12-,30-27-. The molecular formula is C51H92O12S. The molecule has 6 unspecified atom stereocenters. The summed E-state index contributed by atoms with van der Waals surface area (Å²) >= 11 is 0. The van der Waals surface area contributed by atoms with Crippen LogP contribution in [0.1, 0.15) is 219 Å². The first-order valence-electron chi connectivity index (χ1n) is 25.5. The predicted molar refractivity (Wildman–Crippen MR) is 256 cm³/mol. The van der Waals surface area contributed by atoms with Crippen molar-refractivity contribution in [2.45, 2.75) is 256 Å². The van der Waals surface area contributed by atoms with Crippen LogP contribution in [0.4, 0.5) is 0 Å². The van der Waals surface area contributed by atoms with Crippen LogP contribution in [0.5, 0.6) is 0 Å². The number of hydrogen-bond acceptors (Lipinski definition) is 11. The lowest BCUT2D eigenvalue weighted by molar-refractivity contribution is -0.297. The van der Waals surface area contributed by atoms with Gasteiger partial charge in [0.25, 0.3) is 10.1 Å². The molecule has 0 aromatic rings. The molecule has 1 saturated heterocycles. The molecule has 4 N–H and O–H groups in total. The zero-order valence-electron chi connectivity index (χ0n) is 40.1. The Kier molecular flexibility index (Phi) is 38.4. The summed E-state index contributed by atoms with van der Waals surface area (Å²) in [7, 11) is -4.61. The van der Waals surface area contributed by atoms with Crippen molar-refractivity contribution in [1.29, 1.82) is 0 Å². The number of esters is 2. The highest BCUT2D eigenvalue weighted by Crippen LogP contribution is 2.24. The number of carbonyl (C=O) groups excluding carboxylic acids is 2. The van der Waals surface area contributed by atoms with E-state index in [1.165, 1.54) is 122 Å². The van der Waals surface area contributed by atoms with Crippen molar-refractivity contribution in [2.24, 2.45) is 0 Å². The molecule has 0 amide bonds. The van der Waals surface area contributed by atoms with Gasteiger partial charge in [-0.05, 0) is 44.9 Å². The Morgan fingerprint density at radius 3 is 1.47 bits per heavy atom. The number of unbranched alkanes of at least 4 members (excludes halogenated alkanes) is 25. The van der Waals surface area contributed by atoms with Crippen molar-refractivity contribution in [1.82, 2.24) is 0 Å². The molecule has 64 heavy (non-hydrogen) atoms. The monoisotopic (exact) mass is 929 g/mol. The molecule has 13 heteroatoms. The maximum absolute atomic E-state index is 12.8. The number of ether oxygens (including phenoxy) is 4. The number of hydrogen-bond donors (Lipinski definition) is 4. The molecule has 0 aromatic heterocycles. The highest BCUT2D eigenvalue weighted by Gasteiger charge is 2.46. The van der Waals surface area contributed by atoms with Crippen molar-refractivity contribution in [3.8, 4) is 0 Å². The minimum atomic E-state index is -4.61. The van der Waals surface area contributed by atoms with Crippen molar-refractivity contribution in [2.75, 3.05) is 19.0 Å². The first-order chi connectivity index (χ1) is 31.0. The van der Waals surface area contributed by atoms with Crippen LogP contribution in [-0.4, -0.2) is 96.0 Å². The second kappa shape index (κ2) is 41.1. The molecule has 6 atom stereocenters. The van der Waals surface area contributed by atoms with Gasteiger partial charge in [0.1, 0.15) is 36.8 Å². The van der Waals surface area contributed by atoms with Gasteiger partial charge in [0.05, 0.1) is 6.61 Å². The van der Waals surface area contributed by atoms with Gasteiger partial charge in [-0.2, -0.15) is 8.42 Å². The largest absolute Gasteiger partial charge is 0.462 e. The van der Waals surface area contributed by atoms with Crippen molar-refractivity contribution >= 4 is 22.1 Å². The van der Waals surface area contributed by atoms with E-state index >= 15 is 0 Å². The summed E-state index contributed by atoms with van der Waals surface area (Å²) in [5.41, 5.74) is 0. The summed E-state index contributed by atoms with van der Waals surface area (Å²) in [5, 5.41) is 30.9. The molecule has 374 valence electrons. The zero-order chi connectivity index (χ0) is 46.9. The fraction of sp³-hybridized carbons (Fsp3) is 0.843. The van der Waals surface area contributed by atoms with Crippen molar-refractivity contribution in [3.63, 3.8) is 0 Å². The van der Waals surface area contributed by atoms with E-state index in [9.17, 15) is 37.9 Å². The van der Waals surface area contributed by atoms with Crippen LogP contribution in [0, 0.1) is 0 Å². The third-order valence-corrected chi connectivity index (χ3v) is 12.5. The lowest BCUT2D eigenvalue weighted by atomic mass is 10.00. The van der Waals surface area contributed by atoms with Crippen LogP contribution in [0.15, 0.2) is 36.5 Å². The first-order valence-corrected chi connectivity index (χ1v) is 27.2. The number of rotatable bonds is 43. The molecule has 0 aromatic carbocycles. The van der Waals surface area contributed by atoms with E-state index in [0.717, 1.165) is 57.8 Å². The van der Waals surface area contributed by atoms with E-state index in [4.69, 9.17) is 18.9 Å². The molecule has 1 rings (SSSR count). The minimum absolute atomic E-state index is 0.131. The summed E-state index contributed by atoms with van der Waals surface area (Å²) in [6.07, 6.45) is 39.2. The molecular weight excluding hydrogens is 837 g/mol. The molecule has 1 aliphatic heterocycles. The fourth-order valence-electron chi connectivity index (χ4n) is 7.81. The van der Waals surface area contributed by atoms with Gasteiger partial charge in [-0.25, -0.2) is 0 Å². The van der Waals surface area contributed by atoms with Gasteiger partial charge in [0.15, 0.2) is 12.4 Å². The van der Waals surface area contributed by atoms with Gasteiger partial charge in [-0.3, -0.25) is 14.1 Å². The Balaban J connectivity index is 2.32. The van der Waals surface area contributed by atoms with E-state index < -0.39 is 71.2 Å². The molecule has 1 heterocycles. The summed E-state index contributed by atoms with van der Waals surface area (Å²) in [5.74, 6) is -2.01. The molecule has 12 nitrogen and oxygen atoms in total. The van der Waals surface area contributed by atoms with Gasteiger partial charge in [0, 0.05) is 12.8 Å². The van der Waals surface area contributed by atoms with Crippen LogP contribution in [0.25, 0.3) is 0 Å². The Morgan fingerprint density at radius 1 is 0.547 bits per heavy atom. The van der Waals surface area contributed by atoms with Gasteiger partial charge in [0.2, 0.25) is 0 Å². The molecule has 1 fully saturated rings. The molecule has 0 spiro atoms. The average molecular weight is 929 g/mol. The number of aliphatic hydroxyl groups is 3. The summed E-state index contributed by atoms with van der Waals surface area (Å²) in [4.78, 5) is 25.5. The topological polar surface area (TPSA) is 186 Å². The summed E-state index contributed by atoms with van der Waals surface area (Å²) in [6, 6.07) is 0. The quantitative estimate of drug-likeness (QED) is 0.0196. The fourth-order valence-corrected chi connectivity index (χ4v) is 8.50. The summed E-state index contributed by atoms with van der Waals surface area (Å²) in [6.45, 7) is 3.65. The lowest BCUT2D eigenvalue weighted by Gasteiger charge is -2.40. The SMILES string of the molecule is CC/C=C\C/C=C\C/C=C\CCCCCC(=O)OC(COC(=O)CCCCCCCCCCCCCCCCCCCCCCCCC)COC1OC(CS(=O)(=O)O)C(O)C(O)C1O. The van der Waals surface area contributed by atoms with Crippen LogP contribution >= 0.6 is 0 Å². The molecule has 0 bridgehead atoms. The highest BCUT2D eigenvalue weighted by atomic mass is 32.2. The Hall–Kier alpha value is -2.13. The van der Waals surface area contributed by atoms with E-state index in [2.05, 4.69) is 50.3 Å².